The normalized spacial score (nSPS) is 13.6. The Bertz CT molecular complexity index is 490. The number of fused-ring (bicyclic) bond motifs is 1. The van der Waals surface area contributed by atoms with Gasteiger partial charge in [-0.2, -0.15) is 0 Å². The molecule has 22 heavy (non-hydrogen) atoms. The van der Waals surface area contributed by atoms with Gasteiger partial charge in [0.25, 0.3) is 0 Å². The second-order valence-corrected chi connectivity index (χ2v) is 5.12. The van der Waals surface area contributed by atoms with Gasteiger partial charge in [0.1, 0.15) is 0 Å². The maximum Gasteiger partial charge on any atom is 0.319 e. The molecule has 1 aromatic rings. The molecule has 1 aromatic carbocycles. The first-order valence-electron chi connectivity index (χ1n) is 7.89. The molecule has 0 fully saturated rings. The number of anilines is 1. The highest BCUT2D eigenvalue weighted by atomic mass is 16.5. The molecule has 0 saturated carbocycles. The maximum absolute atomic E-state index is 11.9. The molecule has 2 rings (SSSR count). The number of urea groups is 1. The molecule has 0 aromatic heterocycles. The van der Waals surface area contributed by atoms with Crippen LogP contribution in [-0.4, -0.2) is 50.3 Å². The molecule has 6 heteroatoms. The van der Waals surface area contributed by atoms with Crippen LogP contribution in [-0.2, 0) is 0 Å². The first-order valence-corrected chi connectivity index (χ1v) is 7.89. The van der Waals surface area contributed by atoms with Crippen LogP contribution in [0.2, 0.25) is 0 Å². The van der Waals surface area contributed by atoms with E-state index in [0.717, 1.165) is 31.8 Å². The van der Waals surface area contributed by atoms with Crippen LogP contribution in [0.4, 0.5) is 10.5 Å². The predicted octanol–water partition coefficient (Wildman–Crippen LogP) is 2.31. The third kappa shape index (κ3) is 4.80. The minimum Gasteiger partial charge on any atom is -0.490 e. The van der Waals surface area contributed by atoms with E-state index in [4.69, 9.17) is 9.47 Å². The average molecular weight is 307 g/mol. The number of amides is 2. The summed E-state index contributed by atoms with van der Waals surface area (Å²) >= 11 is 0. The Morgan fingerprint density at radius 1 is 1.18 bits per heavy atom. The van der Waals surface area contributed by atoms with Gasteiger partial charge in [-0.25, -0.2) is 4.79 Å². The zero-order valence-corrected chi connectivity index (χ0v) is 13.4. The predicted molar refractivity (Wildman–Crippen MR) is 86.9 cm³/mol. The van der Waals surface area contributed by atoms with Gasteiger partial charge in [-0.1, -0.05) is 13.8 Å². The number of carbonyl (C=O) groups excluding carboxylic acids is 1. The van der Waals surface area contributed by atoms with Crippen molar-refractivity contribution in [1.82, 2.24) is 10.2 Å². The molecule has 122 valence electrons. The van der Waals surface area contributed by atoms with Gasteiger partial charge in [0.15, 0.2) is 11.5 Å². The highest BCUT2D eigenvalue weighted by Gasteiger charge is 2.11. The number of benzene rings is 1. The van der Waals surface area contributed by atoms with Gasteiger partial charge in [0.05, 0.1) is 13.2 Å². The smallest absolute Gasteiger partial charge is 0.319 e. The zero-order valence-electron chi connectivity index (χ0n) is 13.4. The summed E-state index contributed by atoms with van der Waals surface area (Å²) in [6.45, 7) is 8.96. The van der Waals surface area contributed by atoms with Gasteiger partial charge in [-0.15, -0.1) is 0 Å². The quantitative estimate of drug-likeness (QED) is 0.846. The van der Waals surface area contributed by atoms with E-state index < -0.39 is 0 Å². The largest absolute Gasteiger partial charge is 0.490 e. The van der Waals surface area contributed by atoms with Crippen molar-refractivity contribution in [2.45, 2.75) is 20.3 Å². The number of hydrogen-bond acceptors (Lipinski definition) is 4. The van der Waals surface area contributed by atoms with Crippen LogP contribution in [0.5, 0.6) is 11.5 Å². The zero-order chi connectivity index (χ0) is 15.8. The monoisotopic (exact) mass is 307 g/mol. The van der Waals surface area contributed by atoms with Crippen LogP contribution in [0.15, 0.2) is 18.2 Å². The summed E-state index contributed by atoms with van der Waals surface area (Å²) < 4.78 is 11.2. The van der Waals surface area contributed by atoms with E-state index in [9.17, 15) is 4.79 Å². The van der Waals surface area contributed by atoms with Crippen LogP contribution in [0.3, 0.4) is 0 Å². The van der Waals surface area contributed by atoms with Gasteiger partial charge in [-0.05, 0) is 25.2 Å². The Labute approximate surface area is 131 Å². The molecular weight excluding hydrogens is 282 g/mol. The van der Waals surface area contributed by atoms with E-state index >= 15 is 0 Å². The van der Waals surface area contributed by atoms with E-state index in [0.29, 0.717) is 31.2 Å². The van der Waals surface area contributed by atoms with Gasteiger partial charge in [-0.3, -0.25) is 0 Å². The van der Waals surface area contributed by atoms with E-state index in [1.807, 2.05) is 12.1 Å². The fourth-order valence-corrected chi connectivity index (χ4v) is 2.28. The lowest BCUT2D eigenvalue weighted by atomic mass is 10.3. The summed E-state index contributed by atoms with van der Waals surface area (Å²) in [5.74, 6) is 1.41. The number of nitrogens with zero attached hydrogens (tertiary/aromatic N) is 1. The summed E-state index contributed by atoms with van der Waals surface area (Å²) in [4.78, 5) is 14.2. The van der Waals surface area contributed by atoms with Crippen molar-refractivity contribution >= 4 is 11.7 Å². The molecule has 0 bridgehead atoms. The summed E-state index contributed by atoms with van der Waals surface area (Å²) in [7, 11) is 0. The standard InChI is InChI=1S/C16H25N3O3/c1-3-19(4-2)9-8-17-16(20)18-13-6-7-14-15(12-13)22-11-5-10-21-14/h6-7,12H,3-5,8-11H2,1-2H3,(H2,17,18,20). The molecule has 2 N–H and O–H groups in total. The number of nitrogens with one attached hydrogen (secondary N) is 2. The topological polar surface area (TPSA) is 62.8 Å². The first-order chi connectivity index (χ1) is 10.7. The molecule has 0 unspecified atom stereocenters. The highest BCUT2D eigenvalue weighted by molar-refractivity contribution is 5.89. The third-order valence-electron chi connectivity index (χ3n) is 3.61. The Kier molecular flexibility index (Phi) is 6.33. The minimum absolute atomic E-state index is 0.207. The van der Waals surface area contributed by atoms with Crippen LogP contribution in [0, 0.1) is 0 Å². The van der Waals surface area contributed by atoms with Gasteiger partial charge >= 0.3 is 6.03 Å². The molecule has 1 heterocycles. The second-order valence-electron chi connectivity index (χ2n) is 5.12. The minimum atomic E-state index is -0.207. The van der Waals surface area contributed by atoms with Crippen LogP contribution >= 0.6 is 0 Å². The van der Waals surface area contributed by atoms with Crippen molar-refractivity contribution in [3.63, 3.8) is 0 Å². The van der Waals surface area contributed by atoms with Crippen LogP contribution in [0.25, 0.3) is 0 Å². The van der Waals surface area contributed by atoms with Gasteiger partial charge in [0, 0.05) is 31.3 Å². The molecular formula is C16H25N3O3. The van der Waals surface area contributed by atoms with E-state index in [-0.39, 0.29) is 6.03 Å². The van der Waals surface area contributed by atoms with Crippen molar-refractivity contribution in [3.05, 3.63) is 18.2 Å². The molecule has 1 aliphatic heterocycles. The van der Waals surface area contributed by atoms with Crippen molar-refractivity contribution in [1.29, 1.82) is 0 Å². The Morgan fingerprint density at radius 2 is 1.91 bits per heavy atom. The Morgan fingerprint density at radius 3 is 2.64 bits per heavy atom. The van der Waals surface area contributed by atoms with Crippen molar-refractivity contribution in [2.24, 2.45) is 0 Å². The lowest BCUT2D eigenvalue weighted by Gasteiger charge is -2.18. The van der Waals surface area contributed by atoms with Crippen LogP contribution < -0.4 is 20.1 Å². The second kappa shape index (κ2) is 8.48. The number of ether oxygens (including phenoxy) is 2. The highest BCUT2D eigenvalue weighted by Crippen LogP contribution is 2.32. The summed E-state index contributed by atoms with van der Waals surface area (Å²) in [5.41, 5.74) is 0.699. The number of hydrogen-bond donors (Lipinski definition) is 2. The summed E-state index contributed by atoms with van der Waals surface area (Å²) in [6.07, 6.45) is 0.864. The Balaban J connectivity index is 1.82. The molecule has 0 saturated heterocycles. The van der Waals surface area contributed by atoms with Gasteiger partial charge < -0.3 is 25.0 Å². The fraction of sp³-hybridized carbons (Fsp3) is 0.562. The molecule has 0 atom stereocenters. The van der Waals surface area contributed by atoms with Crippen molar-refractivity contribution in [3.8, 4) is 11.5 Å². The molecule has 0 spiro atoms. The average Bonchev–Trinajstić information content (AvgIpc) is 2.76. The van der Waals surface area contributed by atoms with E-state index in [1.165, 1.54) is 0 Å². The Hall–Kier alpha value is -1.95. The molecule has 1 aliphatic rings. The lowest BCUT2D eigenvalue weighted by Crippen LogP contribution is -2.36. The molecule has 0 aliphatic carbocycles. The molecule has 6 nitrogen and oxygen atoms in total. The van der Waals surface area contributed by atoms with Crippen molar-refractivity contribution in [2.75, 3.05) is 44.7 Å². The number of carbonyl (C=O) groups is 1. The summed E-state index contributed by atoms with van der Waals surface area (Å²) in [5, 5.41) is 5.68. The summed E-state index contributed by atoms with van der Waals surface area (Å²) in [6, 6.07) is 5.23. The first kappa shape index (κ1) is 16.4. The fourth-order valence-electron chi connectivity index (χ4n) is 2.28. The van der Waals surface area contributed by atoms with Crippen molar-refractivity contribution < 1.29 is 14.3 Å². The third-order valence-corrected chi connectivity index (χ3v) is 3.61. The van der Waals surface area contributed by atoms with E-state index in [2.05, 4.69) is 29.4 Å². The lowest BCUT2D eigenvalue weighted by molar-refractivity contribution is 0.248. The van der Waals surface area contributed by atoms with Gasteiger partial charge in [0.2, 0.25) is 0 Å². The number of likely N-dealkylation sites (N-methyl/N-ethyl adjacent to an activating group) is 1. The maximum atomic E-state index is 11.9. The number of rotatable bonds is 6. The molecule has 0 radical (unpaired) electrons. The SMILES string of the molecule is CCN(CC)CCNC(=O)Nc1ccc2c(c1)OCCCO2. The van der Waals surface area contributed by atoms with E-state index in [1.54, 1.807) is 6.07 Å². The molecule has 2 amide bonds. The van der Waals surface area contributed by atoms with Crippen LogP contribution in [0.1, 0.15) is 20.3 Å².